The van der Waals surface area contributed by atoms with Crippen LogP contribution >= 0.6 is 0 Å². The van der Waals surface area contributed by atoms with Crippen LogP contribution in [0.3, 0.4) is 0 Å². The van der Waals surface area contributed by atoms with Gasteiger partial charge in [-0.3, -0.25) is 4.55 Å². The monoisotopic (exact) mass is 392 g/mol. The predicted octanol–water partition coefficient (Wildman–Crippen LogP) is 4.93. The van der Waals surface area contributed by atoms with E-state index in [9.17, 15) is 8.42 Å². The Kier molecular flexibility index (Phi) is 6.89. The van der Waals surface area contributed by atoms with Crippen molar-refractivity contribution in [2.24, 2.45) is 5.41 Å². The van der Waals surface area contributed by atoms with Crippen molar-refractivity contribution in [2.75, 3.05) is 13.2 Å². The first-order chi connectivity index (χ1) is 12.6. The largest absolute Gasteiger partial charge is 0.493 e. The Morgan fingerprint density at radius 3 is 1.78 bits per heavy atom. The number of hydrogen-bond acceptors (Lipinski definition) is 4. The van der Waals surface area contributed by atoms with E-state index in [-0.39, 0.29) is 10.3 Å². The van der Waals surface area contributed by atoms with Crippen LogP contribution in [0, 0.1) is 5.41 Å². The molecule has 148 valence electrons. The SMILES string of the molecule is CCC(C)c1ccc(OCC(C)(C)COc2ccc(S(=O)(=O)O)cc2)cc1. The summed E-state index contributed by atoms with van der Waals surface area (Å²) in [6, 6.07) is 13.9. The lowest BCUT2D eigenvalue weighted by Crippen LogP contribution is -2.28. The standard InChI is InChI=1S/C21H28O5S/c1-5-16(2)17-6-8-18(9-7-17)25-14-21(3,4)15-26-19-10-12-20(13-11-19)27(22,23)24/h6-13,16H,5,14-15H2,1-4H3,(H,22,23,24). The smallest absolute Gasteiger partial charge is 0.294 e. The van der Waals surface area contributed by atoms with Crippen LogP contribution in [-0.4, -0.2) is 26.2 Å². The summed E-state index contributed by atoms with van der Waals surface area (Å²) in [5, 5.41) is 0. The van der Waals surface area contributed by atoms with Crippen molar-refractivity contribution in [3.63, 3.8) is 0 Å². The van der Waals surface area contributed by atoms with E-state index in [4.69, 9.17) is 14.0 Å². The van der Waals surface area contributed by atoms with Crippen LogP contribution in [0.4, 0.5) is 0 Å². The summed E-state index contributed by atoms with van der Waals surface area (Å²) in [4.78, 5) is -0.154. The number of rotatable bonds is 9. The second-order valence-electron chi connectivity index (χ2n) is 7.57. The van der Waals surface area contributed by atoms with Crippen LogP contribution in [-0.2, 0) is 10.1 Å². The van der Waals surface area contributed by atoms with Crippen LogP contribution in [0.25, 0.3) is 0 Å². The molecule has 6 heteroatoms. The number of hydrogen-bond donors (Lipinski definition) is 1. The summed E-state index contributed by atoms with van der Waals surface area (Å²) in [6.07, 6.45) is 1.11. The van der Waals surface area contributed by atoms with Crippen molar-refractivity contribution in [2.45, 2.75) is 44.9 Å². The third-order valence-electron chi connectivity index (χ3n) is 4.44. The first kappa shape index (κ1) is 21.3. The van der Waals surface area contributed by atoms with Crippen molar-refractivity contribution in [3.8, 4) is 11.5 Å². The maximum atomic E-state index is 11.1. The molecular formula is C21H28O5S. The second kappa shape index (κ2) is 8.76. The zero-order valence-electron chi connectivity index (χ0n) is 16.3. The van der Waals surface area contributed by atoms with Gasteiger partial charge in [-0.1, -0.05) is 39.8 Å². The van der Waals surface area contributed by atoms with E-state index in [1.807, 2.05) is 26.0 Å². The lowest BCUT2D eigenvalue weighted by atomic mass is 9.96. The second-order valence-corrected chi connectivity index (χ2v) is 8.99. The molecule has 0 saturated heterocycles. The highest BCUT2D eigenvalue weighted by atomic mass is 32.2. The third-order valence-corrected chi connectivity index (χ3v) is 5.31. The van der Waals surface area contributed by atoms with Gasteiger partial charge in [-0.2, -0.15) is 8.42 Å². The molecule has 1 unspecified atom stereocenters. The molecule has 0 aromatic heterocycles. The zero-order valence-corrected chi connectivity index (χ0v) is 17.1. The molecule has 5 nitrogen and oxygen atoms in total. The Hall–Kier alpha value is -2.05. The van der Waals surface area contributed by atoms with Gasteiger partial charge in [0.1, 0.15) is 11.5 Å². The highest BCUT2D eigenvalue weighted by Gasteiger charge is 2.21. The average Bonchev–Trinajstić information content (AvgIpc) is 2.64. The molecule has 27 heavy (non-hydrogen) atoms. The van der Waals surface area contributed by atoms with Crippen LogP contribution in [0.1, 0.15) is 45.6 Å². The topological polar surface area (TPSA) is 72.8 Å². The fourth-order valence-corrected chi connectivity index (χ4v) is 2.92. The Labute approximate surface area is 162 Å². The van der Waals surface area contributed by atoms with E-state index in [2.05, 4.69) is 26.0 Å². The van der Waals surface area contributed by atoms with E-state index < -0.39 is 10.1 Å². The van der Waals surface area contributed by atoms with Crippen molar-refractivity contribution in [3.05, 3.63) is 54.1 Å². The lowest BCUT2D eigenvalue weighted by molar-refractivity contribution is 0.110. The highest BCUT2D eigenvalue weighted by Crippen LogP contribution is 2.24. The van der Waals surface area contributed by atoms with E-state index in [1.165, 1.54) is 29.8 Å². The fourth-order valence-electron chi connectivity index (χ4n) is 2.44. The Morgan fingerprint density at radius 2 is 1.37 bits per heavy atom. The Bertz CT molecular complexity index is 824. The zero-order chi connectivity index (χ0) is 20.1. The summed E-state index contributed by atoms with van der Waals surface area (Å²) >= 11 is 0. The first-order valence-electron chi connectivity index (χ1n) is 9.04. The van der Waals surface area contributed by atoms with Gasteiger partial charge in [-0.25, -0.2) is 0 Å². The molecule has 0 amide bonds. The summed E-state index contributed by atoms with van der Waals surface area (Å²) in [6.45, 7) is 9.34. The summed E-state index contributed by atoms with van der Waals surface area (Å²) < 4.78 is 42.7. The van der Waals surface area contributed by atoms with Crippen LogP contribution in [0.15, 0.2) is 53.4 Å². The Morgan fingerprint density at radius 1 is 0.926 bits per heavy atom. The predicted molar refractivity (Wildman–Crippen MR) is 106 cm³/mol. The van der Waals surface area contributed by atoms with Crippen molar-refractivity contribution in [1.82, 2.24) is 0 Å². The molecule has 0 saturated carbocycles. The van der Waals surface area contributed by atoms with Gasteiger partial charge in [0.05, 0.1) is 18.1 Å². The molecule has 0 aliphatic carbocycles. The molecule has 0 aliphatic heterocycles. The van der Waals surface area contributed by atoms with Gasteiger partial charge in [-0.15, -0.1) is 0 Å². The van der Waals surface area contributed by atoms with Crippen LogP contribution in [0.5, 0.6) is 11.5 Å². The van der Waals surface area contributed by atoms with Crippen molar-refractivity contribution < 1.29 is 22.4 Å². The van der Waals surface area contributed by atoms with Gasteiger partial charge in [0.15, 0.2) is 0 Å². The molecule has 0 spiro atoms. The molecule has 2 aromatic carbocycles. The minimum absolute atomic E-state index is 0.154. The van der Waals surface area contributed by atoms with Gasteiger partial charge in [0, 0.05) is 5.41 Å². The molecule has 0 heterocycles. The molecule has 2 aromatic rings. The summed E-state index contributed by atoms with van der Waals surface area (Å²) in [5.74, 6) is 1.90. The van der Waals surface area contributed by atoms with Crippen LogP contribution in [0.2, 0.25) is 0 Å². The maximum absolute atomic E-state index is 11.1. The highest BCUT2D eigenvalue weighted by molar-refractivity contribution is 7.85. The molecule has 0 fully saturated rings. The van der Waals surface area contributed by atoms with Gasteiger partial charge >= 0.3 is 0 Å². The van der Waals surface area contributed by atoms with E-state index in [0.29, 0.717) is 24.9 Å². The fraction of sp³-hybridized carbons (Fsp3) is 0.429. The minimum Gasteiger partial charge on any atom is -0.493 e. The first-order valence-corrected chi connectivity index (χ1v) is 10.5. The molecular weight excluding hydrogens is 364 g/mol. The van der Waals surface area contributed by atoms with Gasteiger partial charge in [0.25, 0.3) is 10.1 Å². The molecule has 1 atom stereocenters. The maximum Gasteiger partial charge on any atom is 0.294 e. The molecule has 0 radical (unpaired) electrons. The van der Waals surface area contributed by atoms with Gasteiger partial charge in [0.2, 0.25) is 0 Å². The molecule has 1 N–H and O–H groups in total. The molecule has 0 aliphatic rings. The number of ether oxygens (including phenoxy) is 2. The Balaban J connectivity index is 1.87. The molecule has 2 rings (SSSR count). The van der Waals surface area contributed by atoms with Crippen molar-refractivity contribution >= 4 is 10.1 Å². The van der Waals surface area contributed by atoms with Gasteiger partial charge < -0.3 is 9.47 Å². The normalized spacial score (nSPS) is 13.2. The van der Waals surface area contributed by atoms with Gasteiger partial charge in [-0.05, 0) is 54.3 Å². The van der Waals surface area contributed by atoms with E-state index in [1.54, 1.807) is 0 Å². The van der Waals surface area contributed by atoms with E-state index in [0.717, 1.165) is 12.2 Å². The van der Waals surface area contributed by atoms with Crippen molar-refractivity contribution in [1.29, 1.82) is 0 Å². The number of benzene rings is 2. The summed E-state index contributed by atoms with van der Waals surface area (Å²) in [5.41, 5.74) is 1.07. The lowest BCUT2D eigenvalue weighted by Gasteiger charge is -2.25. The average molecular weight is 393 g/mol. The van der Waals surface area contributed by atoms with Crippen LogP contribution < -0.4 is 9.47 Å². The molecule has 0 bridgehead atoms. The summed E-state index contributed by atoms with van der Waals surface area (Å²) in [7, 11) is -4.19. The van der Waals surface area contributed by atoms with E-state index >= 15 is 0 Å². The quantitative estimate of drug-likeness (QED) is 0.613. The minimum atomic E-state index is -4.19. The third kappa shape index (κ3) is 6.56.